The zero-order valence-corrected chi connectivity index (χ0v) is 9.12. The van der Waals surface area contributed by atoms with Crippen molar-refractivity contribution in [3.05, 3.63) is 0 Å². The quantitative estimate of drug-likeness (QED) is 0.611. The van der Waals surface area contributed by atoms with Crippen LogP contribution in [-0.4, -0.2) is 23.9 Å². The number of nitrogens with zero attached hydrogens (tertiary/aromatic N) is 1. The molecule has 0 radical (unpaired) electrons. The summed E-state index contributed by atoms with van der Waals surface area (Å²) in [5.74, 6) is 3.91. The number of carbonyl (C=O) groups excluding carboxylic acids is 1. The normalized spacial score (nSPS) is 15.3. The maximum Gasteiger partial charge on any atom is 0.223 e. The van der Waals surface area contributed by atoms with E-state index in [-0.39, 0.29) is 5.91 Å². The first-order valence-electron chi connectivity index (χ1n) is 5.34. The predicted octanol–water partition coefficient (Wildman–Crippen LogP) is 1.90. The van der Waals surface area contributed by atoms with Crippen LogP contribution in [0, 0.1) is 24.2 Å². The Bertz CT molecular complexity index is 235. The van der Waals surface area contributed by atoms with E-state index in [1.54, 1.807) is 0 Å². The Balaban J connectivity index is 2.39. The van der Waals surface area contributed by atoms with Crippen molar-refractivity contribution in [2.24, 2.45) is 11.8 Å². The Labute approximate surface area is 86.7 Å². The van der Waals surface area contributed by atoms with Gasteiger partial charge in [0.25, 0.3) is 0 Å². The van der Waals surface area contributed by atoms with Gasteiger partial charge in [-0.3, -0.25) is 4.79 Å². The van der Waals surface area contributed by atoms with Gasteiger partial charge < -0.3 is 4.90 Å². The number of terminal acetylenes is 1. The van der Waals surface area contributed by atoms with Gasteiger partial charge >= 0.3 is 0 Å². The number of hydrogen-bond acceptors (Lipinski definition) is 1. The van der Waals surface area contributed by atoms with Gasteiger partial charge in [-0.15, -0.1) is 6.42 Å². The Morgan fingerprint density at radius 3 is 2.64 bits per heavy atom. The fourth-order valence-electron chi connectivity index (χ4n) is 1.46. The first-order valence-corrected chi connectivity index (χ1v) is 5.34. The van der Waals surface area contributed by atoms with Gasteiger partial charge in [0.2, 0.25) is 5.91 Å². The van der Waals surface area contributed by atoms with E-state index in [0.717, 1.165) is 12.5 Å². The van der Waals surface area contributed by atoms with Crippen LogP contribution in [0.4, 0.5) is 0 Å². The third kappa shape index (κ3) is 3.83. The summed E-state index contributed by atoms with van der Waals surface area (Å²) in [6.07, 6.45) is 8.39. The van der Waals surface area contributed by atoms with Gasteiger partial charge in [0.1, 0.15) is 0 Å². The Morgan fingerprint density at radius 2 is 2.21 bits per heavy atom. The lowest BCUT2D eigenvalue weighted by molar-refractivity contribution is -0.131. The Kier molecular flexibility index (Phi) is 4.00. The molecule has 0 bridgehead atoms. The van der Waals surface area contributed by atoms with Gasteiger partial charge in [0, 0.05) is 13.0 Å². The maximum atomic E-state index is 11.7. The molecule has 1 fully saturated rings. The highest BCUT2D eigenvalue weighted by Crippen LogP contribution is 2.29. The summed E-state index contributed by atoms with van der Waals surface area (Å²) < 4.78 is 0. The van der Waals surface area contributed by atoms with Crippen LogP contribution in [0.25, 0.3) is 0 Å². The van der Waals surface area contributed by atoms with E-state index < -0.39 is 0 Å². The Hall–Kier alpha value is -0.970. The van der Waals surface area contributed by atoms with E-state index in [1.165, 1.54) is 12.8 Å². The van der Waals surface area contributed by atoms with Crippen molar-refractivity contribution in [1.29, 1.82) is 0 Å². The predicted molar refractivity (Wildman–Crippen MR) is 57.6 cm³/mol. The maximum absolute atomic E-state index is 11.7. The molecular formula is C12H19NO. The van der Waals surface area contributed by atoms with Gasteiger partial charge in [-0.05, 0) is 24.7 Å². The second-order valence-electron chi connectivity index (χ2n) is 4.52. The van der Waals surface area contributed by atoms with Crippen molar-refractivity contribution >= 4 is 5.91 Å². The van der Waals surface area contributed by atoms with Crippen LogP contribution in [0.2, 0.25) is 0 Å². The largest absolute Gasteiger partial charge is 0.331 e. The molecule has 0 aromatic rings. The molecule has 0 aliphatic heterocycles. The molecule has 1 rings (SSSR count). The van der Waals surface area contributed by atoms with Crippen molar-refractivity contribution in [1.82, 2.24) is 4.90 Å². The highest BCUT2D eigenvalue weighted by molar-refractivity contribution is 5.76. The van der Waals surface area contributed by atoms with Gasteiger partial charge in [-0.2, -0.15) is 0 Å². The van der Waals surface area contributed by atoms with Crippen LogP contribution in [0.5, 0.6) is 0 Å². The average Bonchev–Trinajstić information content (AvgIpc) is 2.86. The van der Waals surface area contributed by atoms with Crippen LogP contribution in [0.1, 0.15) is 33.1 Å². The molecule has 0 heterocycles. The monoisotopic (exact) mass is 193 g/mol. The minimum Gasteiger partial charge on any atom is -0.331 e. The molecule has 14 heavy (non-hydrogen) atoms. The number of rotatable bonds is 5. The molecule has 0 spiro atoms. The van der Waals surface area contributed by atoms with Crippen LogP contribution in [-0.2, 0) is 4.79 Å². The zero-order chi connectivity index (χ0) is 10.6. The molecule has 0 aromatic heterocycles. The second kappa shape index (κ2) is 5.05. The summed E-state index contributed by atoms with van der Waals surface area (Å²) in [4.78, 5) is 13.6. The average molecular weight is 193 g/mol. The Morgan fingerprint density at radius 1 is 1.57 bits per heavy atom. The summed E-state index contributed by atoms with van der Waals surface area (Å²) in [6.45, 7) is 5.46. The molecule has 2 heteroatoms. The van der Waals surface area contributed by atoms with Crippen molar-refractivity contribution in [3.63, 3.8) is 0 Å². The first kappa shape index (κ1) is 11.1. The summed E-state index contributed by atoms with van der Waals surface area (Å²) in [5, 5.41) is 0. The minimum absolute atomic E-state index is 0.213. The van der Waals surface area contributed by atoms with Crippen molar-refractivity contribution in [2.45, 2.75) is 33.1 Å². The fraction of sp³-hybridized carbons (Fsp3) is 0.750. The van der Waals surface area contributed by atoms with Crippen molar-refractivity contribution < 1.29 is 4.79 Å². The second-order valence-corrected chi connectivity index (χ2v) is 4.52. The third-order valence-corrected chi connectivity index (χ3v) is 2.39. The summed E-state index contributed by atoms with van der Waals surface area (Å²) >= 11 is 0. The first-order chi connectivity index (χ1) is 6.63. The SMILES string of the molecule is C#CCN(CC1CC1)C(=O)CC(C)C. The molecular weight excluding hydrogens is 174 g/mol. The van der Waals surface area contributed by atoms with Gasteiger partial charge in [-0.1, -0.05) is 19.8 Å². The molecule has 0 aromatic carbocycles. The van der Waals surface area contributed by atoms with Crippen LogP contribution < -0.4 is 0 Å². The topological polar surface area (TPSA) is 20.3 Å². The lowest BCUT2D eigenvalue weighted by Crippen LogP contribution is -2.33. The molecule has 1 aliphatic rings. The molecule has 0 N–H and O–H groups in total. The van der Waals surface area contributed by atoms with Gasteiger partial charge in [0.05, 0.1) is 6.54 Å². The summed E-state index contributed by atoms with van der Waals surface area (Å²) in [7, 11) is 0. The number of amides is 1. The van der Waals surface area contributed by atoms with Crippen molar-refractivity contribution in [2.75, 3.05) is 13.1 Å². The molecule has 1 aliphatic carbocycles. The smallest absolute Gasteiger partial charge is 0.223 e. The number of carbonyl (C=O) groups is 1. The summed E-state index contributed by atoms with van der Waals surface area (Å²) in [6, 6.07) is 0. The minimum atomic E-state index is 0.213. The molecule has 78 valence electrons. The lowest BCUT2D eigenvalue weighted by Gasteiger charge is -2.20. The highest BCUT2D eigenvalue weighted by Gasteiger charge is 2.26. The zero-order valence-electron chi connectivity index (χ0n) is 9.12. The molecule has 0 saturated heterocycles. The molecule has 2 nitrogen and oxygen atoms in total. The van der Waals surface area contributed by atoms with E-state index in [0.29, 0.717) is 18.9 Å². The van der Waals surface area contributed by atoms with Gasteiger partial charge in [-0.25, -0.2) is 0 Å². The molecule has 1 amide bonds. The van der Waals surface area contributed by atoms with Crippen molar-refractivity contribution in [3.8, 4) is 12.3 Å². The fourth-order valence-corrected chi connectivity index (χ4v) is 1.46. The molecule has 0 unspecified atom stereocenters. The lowest BCUT2D eigenvalue weighted by atomic mass is 10.1. The van der Waals surface area contributed by atoms with Crippen LogP contribution >= 0.6 is 0 Å². The van der Waals surface area contributed by atoms with E-state index in [9.17, 15) is 4.79 Å². The molecule has 1 saturated carbocycles. The van der Waals surface area contributed by atoms with E-state index in [4.69, 9.17) is 6.42 Å². The molecule has 0 atom stereocenters. The standard InChI is InChI=1S/C12H19NO/c1-4-7-13(9-11-5-6-11)12(14)8-10(2)3/h1,10-11H,5-9H2,2-3H3. The number of hydrogen-bond donors (Lipinski definition) is 0. The van der Waals surface area contributed by atoms with Crippen LogP contribution in [0.3, 0.4) is 0 Å². The summed E-state index contributed by atoms with van der Waals surface area (Å²) in [5.41, 5.74) is 0. The van der Waals surface area contributed by atoms with E-state index in [1.807, 2.05) is 4.90 Å². The van der Waals surface area contributed by atoms with E-state index >= 15 is 0 Å². The van der Waals surface area contributed by atoms with Crippen LogP contribution in [0.15, 0.2) is 0 Å². The van der Waals surface area contributed by atoms with Gasteiger partial charge in [0.15, 0.2) is 0 Å². The highest BCUT2D eigenvalue weighted by atomic mass is 16.2. The third-order valence-electron chi connectivity index (χ3n) is 2.39. The van der Waals surface area contributed by atoms with E-state index in [2.05, 4.69) is 19.8 Å².